The van der Waals surface area contributed by atoms with Gasteiger partial charge in [0, 0.05) is 24.8 Å². The molecule has 2 aromatic carbocycles. The fourth-order valence-corrected chi connectivity index (χ4v) is 2.47. The molecule has 2 aromatic rings. The summed E-state index contributed by atoms with van der Waals surface area (Å²) in [5, 5.41) is 8.21. The highest BCUT2D eigenvalue weighted by Gasteiger charge is 2.13. The smallest absolute Gasteiger partial charge is 0.319 e. The van der Waals surface area contributed by atoms with Crippen molar-refractivity contribution >= 4 is 23.3 Å². The van der Waals surface area contributed by atoms with Crippen LogP contribution in [0, 0.1) is 0 Å². The van der Waals surface area contributed by atoms with E-state index < -0.39 is 0 Å². The van der Waals surface area contributed by atoms with Crippen LogP contribution in [0.3, 0.4) is 0 Å². The number of nitrogens with one attached hydrogen (secondary N) is 3. The predicted molar refractivity (Wildman–Crippen MR) is 94.0 cm³/mol. The molecule has 0 aliphatic carbocycles. The average Bonchev–Trinajstić information content (AvgIpc) is 3.02. The molecule has 7 heteroatoms. The Balaban J connectivity index is 1.47. The molecule has 0 atom stereocenters. The molecule has 0 saturated heterocycles. The third-order valence-corrected chi connectivity index (χ3v) is 3.58. The topological polar surface area (TPSA) is 88.7 Å². The minimum atomic E-state index is -0.305. The van der Waals surface area contributed by atoms with E-state index in [4.69, 9.17) is 9.47 Å². The highest BCUT2D eigenvalue weighted by Crippen LogP contribution is 2.32. The summed E-state index contributed by atoms with van der Waals surface area (Å²) in [6.07, 6.45) is 0.677. The van der Waals surface area contributed by atoms with Crippen molar-refractivity contribution < 1.29 is 19.1 Å². The SMILES string of the molecule is CC(=O)Nc1cccc(NC(=O)NCCc2ccc3c(c2)OCO3)c1. The molecular weight excluding hydrogens is 322 g/mol. The van der Waals surface area contributed by atoms with Gasteiger partial charge in [-0.2, -0.15) is 0 Å². The molecule has 0 unspecified atom stereocenters. The second kappa shape index (κ2) is 7.57. The number of carbonyl (C=O) groups excluding carboxylic acids is 2. The second-order valence-corrected chi connectivity index (χ2v) is 5.58. The summed E-state index contributed by atoms with van der Waals surface area (Å²) in [5.74, 6) is 1.32. The van der Waals surface area contributed by atoms with Gasteiger partial charge in [0.2, 0.25) is 12.7 Å². The lowest BCUT2D eigenvalue weighted by Gasteiger charge is -2.09. The summed E-state index contributed by atoms with van der Waals surface area (Å²) in [6.45, 7) is 2.16. The summed E-state index contributed by atoms with van der Waals surface area (Å²) in [5.41, 5.74) is 2.29. The van der Waals surface area contributed by atoms with Crippen LogP contribution in [-0.4, -0.2) is 25.3 Å². The molecule has 3 amide bonds. The number of urea groups is 1. The van der Waals surface area contributed by atoms with Gasteiger partial charge in [0.05, 0.1) is 0 Å². The van der Waals surface area contributed by atoms with Crippen molar-refractivity contribution in [2.75, 3.05) is 24.0 Å². The van der Waals surface area contributed by atoms with Crippen LogP contribution in [0.1, 0.15) is 12.5 Å². The first-order chi connectivity index (χ1) is 12.1. The Kier molecular flexibility index (Phi) is 5.03. The maximum atomic E-state index is 12.0. The first kappa shape index (κ1) is 16.6. The van der Waals surface area contributed by atoms with Crippen LogP contribution in [0.4, 0.5) is 16.2 Å². The minimum Gasteiger partial charge on any atom is -0.454 e. The zero-order valence-electron chi connectivity index (χ0n) is 13.8. The number of anilines is 2. The number of amides is 3. The molecule has 7 nitrogen and oxygen atoms in total. The van der Waals surface area contributed by atoms with E-state index in [9.17, 15) is 9.59 Å². The molecule has 0 bridgehead atoms. The summed E-state index contributed by atoms with van der Waals surface area (Å²) in [4.78, 5) is 23.0. The molecule has 3 rings (SSSR count). The van der Waals surface area contributed by atoms with Gasteiger partial charge in [0.25, 0.3) is 0 Å². The highest BCUT2D eigenvalue weighted by atomic mass is 16.7. The number of hydrogen-bond acceptors (Lipinski definition) is 4. The Bertz CT molecular complexity index is 792. The molecule has 0 saturated carbocycles. The van der Waals surface area contributed by atoms with Gasteiger partial charge in [-0.25, -0.2) is 4.79 Å². The number of ether oxygens (including phenoxy) is 2. The molecule has 0 aromatic heterocycles. The molecule has 25 heavy (non-hydrogen) atoms. The number of benzene rings is 2. The van der Waals surface area contributed by atoms with E-state index in [0.29, 0.717) is 24.3 Å². The third-order valence-electron chi connectivity index (χ3n) is 3.58. The summed E-state index contributed by atoms with van der Waals surface area (Å²) in [7, 11) is 0. The first-order valence-electron chi connectivity index (χ1n) is 7.91. The predicted octanol–water partition coefficient (Wildman–Crippen LogP) is 2.74. The molecule has 1 aliphatic rings. The zero-order valence-corrected chi connectivity index (χ0v) is 13.8. The van der Waals surface area contributed by atoms with Crippen LogP contribution < -0.4 is 25.4 Å². The number of carbonyl (C=O) groups is 2. The third kappa shape index (κ3) is 4.63. The van der Waals surface area contributed by atoms with Crippen molar-refractivity contribution in [3.63, 3.8) is 0 Å². The quantitative estimate of drug-likeness (QED) is 0.780. The van der Waals surface area contributed by atoms with Crippen molar-refractivity contribution in [3.05, 3.63) is 48.0 Å². The Hall–Kier alpha value is -3.22. The second-order valence-electron chi connectivity index (χ2n) is 5.58. The Labute approximate surface area is 145 Å². The summed E-state index contributed by atoms with van der Waals surface area (Å²) >= 11 is 0. The van der Waals surface area contributed by atoms with E-state index in [1.165, 1.54) is 6.92 Å². The normalized spacial score (nSPS) is 11.7. The molecule has 1 heterocycles. The molecular formula is C18H19N3O4. The van der Waals surface area contributed by atoms with E-state index in [-0.39, 0.29) is 18.7 Å². The fraction of sp³-hybridized carbons (Fsp3) is 0.222. The fourth-order valence-electron chi connectivity index (χ4n) is 2.47. The number of rotatable bonds is 5. The molecule has 0 fully saturated rings. The molecule has 3 N–H and O–H groups in total. The molecule has 0 spiro atoms. The Morgan fingerprint density at radius 1 is 1.00 bits per heavy atom. The van der Waals surface area contributed by atoms with Crippen LogP contribution in [0.5, 0.6) is 11.5 Å². The van der Waals surface area contributed by atoms with E-state index >= 15 is 0 Å². The van der Waals surface area contributed by atoms with Gasteiger partial charge in [0.1, 0.15) is 0 Å². The van der Waals surface area contributed by atoms with E-state index in [1.54, 1.807) is 24.3 Å². The van der Waals surface area contributed by atoms with Crippen molar-refractivity contribution in [2.24, 2.45) is 0 Å². The van der Waals surface area contributed by atoms with Gasteiger partial charge in [-0.3, -0.25) is 4.79 Å². The maximum absolute atomic E-state index is 12.0. The van der Waals surface area contributed by atoms with Crippen LogP contribution in [0.2, 0.25) is 0 Å². The number of fused-ring (bicyclic) bond motifs is 1. The van der Waals surface area contributed by atoms with Gasteiger partial charge >= 0.3 is 6.03 Å². The number of hydrogen-bond donors (Lipinski definition) is 3. The van der Waals surface area contributed by atoms with Crippen LogP contribution in [0.15, 0.2) is 42.5 Å². The largest absolute Gasteiger partial charge is 0.454 e. The van der Waals surface area contributed by atoms with Crippen molar-refractivity contribution in [1.29, 1.82) is 0 Å². The van der Waals surface area contributed by atoms with Gasteiger partial charge in [-0.1, -0.05) is 12.1 Å². The lowest BCUT2D eigenvalue weighted by molar-refractivity contribution is -0.114. The highest BCUT2D eigenvalue weighted by molar-refractivity contribution is 5.92. The van der Waals surface area contributed by atoms with Gasteiger partial charge in [0.15, 0.2) is 11.5 Å². The minimum absolute atomic E-state index is 0.162. The van der Waals surface area contributed by atoms with Crippen molar-refractivity contribution in [1.82, 2.24) is 5.32 Å². The van der Waals surface area contributed by atoms with Crippen LogP contribution in [0.25, 0.3) is 0 Å². The van der Waals surface area contributed by atoms with E-state index in [0.717, 1.165) is 17.1 Å². The standard InChI is InChI=1S/C18H19N3O4/c1-12(22)20-14-3-2-4-15(10-14)21-18(23)19-8-7-13-5-6-16-17(9-13)25-11-24-16/h2-6,9-10H,7-8,11H2,1H3,(H,20,22)(H2,19,21,23). The summed E-state index contributed by atoms with van der Waals surface area (Å²) < 4.78 is 10.6. The summed E-state index contributed by atoms with van der Waals surface area (Å²) in [6, 6.07) is 12.4. The van der Waals surface area contributed by atoms with E-state index in [1.807, 2.05) is 18.2 Å². The van der Waals surface area contributed by atoms with Gasteiger partial charge in [-0.05, 0) is 42.3 Å². The van der Waals surface area contributed by atoms with Gasteiger partial charge < -0.3 is 25.4 Å². The average molecular weight is 341 g/mol. The molecule has 130 valence electrons. The zero-order chi connectivity index (χ0) is 17.6. The van der Waals surface area contributed by atoms with Crippen LogP contribution >= 0.6 is 0 Å². The van der Waals surface area contributed by atoms with Crippen molar-refractivity contribution in [2.45, 2.75) is 13.3 Å². The van der Waals surface area contributed by atoms with Crippen LogP contribution in [-0.2, 0) is 11.2 Å². The first-order valence-corrected chi connectivity index (χ1v) is 7.91. The van der Waals surface area contributed by atoms with E-state index in [2.05, 4.69) is 16.0 Å². The maximum Gasteiger partial charge on any atom is 0.319 e. The Morgan fingerprint density at radius 3 is 2.56 bits per heavy atom. The molecule has 0 radical (unpaired) electrons. The van der Waals surface area contributed by atoms with Crippen molar-refractivity contribution in [3.8, 4) is 11.5 Å². The monoisotopic (exact) mass is 341 g/mol. The lowest BCUT2D eigenvalue weighted by atomic mass is 10.1. The Morgan fingerprint density at radius 2 is 1.76 bits per heavy atom. The van der Waals surface area contributed by atoms with Gasteiger partial charge in [-0.15, -0.1) is 0 Å². The lowest BCUT2D eigenvalue weighted by Crippen LogP contribution is -2.30. The molecule has 1 aliphatic heterocycles.